The normalized spacial score (nSPS) is 17.9. The number of alkyl halides is 3. The number of benzene rings is 3. The van der Waals surface area contributed by atoms with E-state index < -0.39 is 39.9 Å². The maximum Gasteiger partial charge on any atom is 0.416 e. The minimum Gasteiger partial charge on any atom is -0.497 e. The van der Waals surface area contributed by atoms with Crippen LogP contribution in [0.3, 0.4) is 0 Å². The van der Waals surface area contributed by atoms with E-state index in [4.69, 9.17) is 9.47 Å². The number of methoxy groups -OCH3 is 1. The summed E-state index contributed by atoms with van der Waals surface area (Å²) in [6.07, 6.45) is -5.38. The van der Waals surface area contributed by atoms with Gasteiger partial charge in [-0.2, -0.15) is 17.5 Å². The van der Waals surface area contributed by atoms with Gasteiger partial charge in [0.15, 0.2) is 0 Å². The van der Waals surface area contributed by atoms with Gasteiger partial charge in [0.05, 0.1) is 43.2 Å². The molecule has 0 unspecified atom stereocenters. The fourth-order valence-corrected chi connectivity index (χ4v) is 6.22. The van der Waals surface area contributed by atoms with Crippen LogP contribution < -0.4 is 20.1 Å². The first-order chi connectivity index (χ1) is 22.1. The van der Waals surface area contributed by atoms with E-state index in [9.17, 15) is 36.3 Å². The van der Waals surface area contributed by atoms with Crippen LogP contribution in [0, 0.1) is 5.92 Å². The van der Waals surface area contributed by atoms with Crippen molar-refractivity contribution in [2.24, 2.45) is 5.92 Å². The van der Waals surface area contributed by atoms with E-state index in [0.717, 1.165) is 24.3 Å². The number of halogens is 3. The molecule has 3 aromatic carbocycles. The van der Waals surface area contributed by atoms with Crippen LogP contribution in [0.5, 0.6) is 11.5 Å². The Bertz CT molecular complexity index is 1670. The van der Waals surface area contributed by atoms with E-state index in [-0.39, 0.29) is 54.2 Å². The van der Waals surface area contributed by atoms with Crippen LogP contribution in [0.4, 0.5) is 29.3 Å². The number of anilines is 2. The number of nitrogens with one attached hydrogen (secondary N) is 2. The second-order valence-electron chi connectivity index (χ2n) is 11.3. The van der Waals surface area contributed by atoms with Gasteiger partial charge in [-0.25, -0.2) is 13.2 Å². The van der Waals surface area contributed by atoms with Gasteiger partial charge in [0, 0.05) is 36.4 Å². The van der Waals surface area contributed by atoms with Crippen molar-refractivity contribution in [2.75, 3.05) is 44.5 Å². The third kappa shape index (κ3) is 8.73. The van der Waals surface area contributed by atoms with Crippen LogP contribution in [0.25, 0.3) is 0 Å². The van der Waals surface area contributed by atoms with E-state index in [1.807, 2.05) is 6.92 Å². The number of aliphatic hydroxyl groups excluding tert-OH is 1. The lowest BCUT2D eigenvalue weighted by atomic mass is 10.0. The van der Waals surface area contributed by atoms with E-state index in [1.54, 1.807) is 25.1 Å². The maximum atomic E-state index is 13.5. The summed E-state index contributed by atoms with van der Waals surface area (Å²) in [6.45, 7) is 3.34. The molecule has 0 fully saturated rings. The molecule has 15 heteroatoms. The second-order valence-corrected chi connectivity index (χ2v) is 13.4. The molecule has 4 rings (SSSR count). The molecule has 0 saturated heterocycles. The van der Waals surface area contributed by atoms with Crippen LogP contribution in [0.2, 0.25) is 0 Å². The highest BCUT2D eigenvalue weighted by atomic mass is 32.2. The van der Waals surface area contributed by atoms with Crippen molar-refractivity contribution >= 4 is 33.3 Å². The number of carbonyl (C=O) groups is 2. The number of aliphatic hydroxyl groups is 1. The van der Waals surface area contributed by atoms with Crippen molar-refractivity contribution in [2.45, 2.75) is 43.5 Å². The first-order valence-electron chi connectivity index (χ1n) is 14.7. The third-order valence-electron chi connectivity index (χ3n) is 7.85. The highest BCUT2D eigenvalue weighted by Gasteiger charge is 2.34. The Morgan fingerprint density at radius 3 is 2.30 bits per heavy atom. The molecule has 1 aliphatic rings. The largest absolute Gasteiger partial charge is 0.497 e. The van der Waals surface area contributed by atoms with E-state index in [2.05, 4.69) is 10.6 Å². The fraction of sp³-hybridized carbons (Fsp3) is 0.375. The van der Waals surface area contributed by atoms with Crippen LogP contribution in [-0.2, 0) is 27.4 Å². The number of carbonyl (C=O) groups excluding carboxylic acids is 2. The number of hydrogen-bond donors (Lipinski definition) is 3. The predicted octanol–water partition coefficient (Wildman–Crippen LogP) is 4.83. The molecule has 3 amide bonds. The summed E-state index contributed by atoms with van der Waals surface area (Å²) in [5, 5.41) is 15.0. The van der Waals surface area contributed by atoms with E-state index in [1.165, 1.54) is 47.6 Å². The molecule has 1 aliphatic heterocycles. The smallest absolute Gasteiger partial charge is 0.416 e. The average Bonchev–Trinajstić information content (AvgIpc) is 3.07. The molecule has 47 heavy (non-hydrogen) atoms. The molecular weight excluding hydrogens is 641 g/mol. The van der Waals surface area contributed by atoms with Gasteiger partial charge in [0.1, 0.15) is 17.6 Å². The Balaban J connectivity index is 1.58. The van der Waals surface area contributed by atoms with Crippen LogP contribution in [0.15, 0.2) is 71.6 Å². The zero-order valence-corrected chi connectivity index (χ0v) is 27.1. The number of rotatable bonds is 9. The van der Waals surface area contributed by atoms with Gasteiger partial charge in [0.25, 0.3) is 0 Å². The number of hydrogen-bond acceptors (Lipinski definition) is 7. The van der Waals surface area contributed by atoms with Gasteiger partial charge in [0.2, 0.25) is 15.9 Å². The van der Waals surface area contributed by atoms with Crippen molar-refractivity contribution in [1.82, 2.24) is 9.21 Å². The molecule has 0 spiro atoms. The highest BCUT2D eigenvalue weighted by molar-refractivity contribution is 7.89. The minimum atomic E-state index is -4.51. The number of amides is 3. The molecule has 0 radical (unpaired) electrons. The quantitative estimate of drug-likeness (QED) is 0.295. The molecule has 11 nitrogen and oxygen atoms in total. The number of fused-ring (bicyclic) bond motifs is 1. The lowest BCUT2D eigenvalue weighted by Crippen LogP contribution is -2.48. The number of sulfonamides is 1. The summed E-state index contributed by atoms with van der Waals surface area (Å²) in [7, 11) is -1.01. The molecule has 0 aromatic heterocycles. The van der Waals surface area contributed by atoms with Crippen LogP contribution in [0.1, 0.15) is 25.0 Å². The number of nitrogens with zero attached hydrogens (tertiary/aromatic N) is 2. The number of likely N-dealkylation sites (N-methyl/N-ethyl adjacent to an activating group) is 1. The lowest BCUT2D eigenvalue weighted by Gasteiger charge is -2.33. The molecule has 254 valence electrons. The molecule has 0 saturated carbocycles. The average molecular weight is 679 g/mol. The van der Waals surface area contributed by atoms with Gasteiger partial charge < -0.3 is 30.1 Å². The monoisotopic (exact) mass is 678 g/mol. The number of urea groups is 1. The molecule has 3 aromatic rings. The molecule has 1 heterocycles. The van der Waals surface area contributed by atoms with Gasteiger partial charge >= 0.3 is 12.2 Å². The highest BCUT2D eigenvalue weighted by Crippen LogP contribution is 2.31. The van der Waals surface area contributed by atoms with Gasteiger partial charge in [-0.3, -0.25) is 4.79 Å². The first-order valence-corrected chi connectivity index (χ1v) is 16.1. The Morgan fingerprint density at radius 2 is 1.70 bits per heavy atom. The Hall–Kier alpha value is -4.34. The maximum absolute atomic E-state index is 13.5. The molecule has 0 aliphatic carbocycles. The standard InChI is InChI=1S/C32H37F3N4O7S/c1-20-17-39(21(2)19-40)30(41)16-22-15-25(37-31(42)36-24-7-5-23(6-8-24)32(33,34)35)9-14-28(22)46-29(20)18-38(3)47(43,44)27-12-10-26(45-4)11-13-27/h5-15,20-21,29,40H,16-19H2,1-4H3,(H2,36,37,42)/t20-,21+,29+/m1/s1. The van der Waals surface area contributed by atoms with E-state index in [0.29, 0.717) is 17.1 Å². The molecular formula is C32H37F3N4O7S. The van der Waals surface area contributed by atoms with Crippen LogP contribution >= 0.6 is 0 Å². The molecule has 3 N–H and O–H groups in total. The minimum absolute atomic E-state index is 0.0629. The van der Waals surface area contributed by atoms with Crippen molar-refractivity contribution < 1.29 is 45.8 Å². The zero-order chi connectivity index (χ0) is 34.5. The lowest BCUT2D eigenvalue weighted by molar-refractivity contribution is -0.137. The zero-order valence-electron chi connectivity index (χ0n) is 26.2. The fourth-order valence-electron chi connectivity index (χ4n) is 5.04. The molecule has 0 bridgehead atoms. The SMILES string of the molecule is COc1ccc(S(=O)(=O)N(C)C[C@@H]2Oc3ccc(NC(=O)Nc4ccc(C(F)(F)F)cc4)cc3CC(=O)N([C@@H](C)CO)C[C@H]2C)cc1. The van der Waals surface area contributed by atoms with Crippen molar-refractivity contribution in [3.05, 3.63) is 77.9 Å². The van der Waals surface area contributed by atoms with Crippen molar-refractivity contribution in [1.29, 1.82) is 0 Å². The second kappa shape index (κ2) is 14.6. The van der Waals surface area contributed by atoms with Gasteiger partial charge in [-0.1, -0.05) is 6.92 Å². The van der Waals surface area contributed by atoms with Crippen LogP contribution in [-0.4, -0.2) is 80.7 Å². The Morgan fingerprint density at radius 1 is 1.09 bits per heavy atom. The Labute approximate surface area is 271 Å². The van der Waals surface area contributed by atoms with E-state index >= 15 is 0 Å². The first kappa shape index (κ1) is 35.5. The summed E-state index contributed by atoms with van der Waals surface area (Å²) < 4.78 is 78.2. The third-order valence-corrected chi connectivity index (χ3v) is 9.69. The van der Waals surface area contributed by atoms with Gasteiger partial charge in [-0.15, -0.1) is 0 Å². The summed E-state index contributed by atoms with van der Waals surface area (Å²) in [4.78, 5) is 27.7. The Kier molecular flexibility index (Phi) is 11.0. The van der Waals surface area contributed by atoms with Crippen molar-refractivity contribution in [3.8, 4) is 11.5 Å². The van der Waals surface area contributed by atoms with Gasteiger partial charge in [-0.05, 0) is 73.7 Å². The summed E-state index contributed by atoms with van der Waals surface area (Å²) in [6, 6.07) is 13.3. The molecule has 3 atom stereocenters. The summed E-state index contributed by atoms with van der Waals surface area (Å²) in [5.74, 6) is 0.122. The summed E-state index contributed by atoms with van der Waals surface area (Å²) >= 11 is 0. The summed E-state index contributed by atoms with van der Waals surface area (Å²) in [5.41, 5.74) is -0.0463. The topological polar surface area (TPSA) is 138 Å². The predicted molar refractivity (Wildman–Crippen MR) is 169 cm³/mol. The van der Waals surface area contributed by atoms with Crippen molar-refractivity contribution in [3.63, 3.8) is 0 Å². The number of ether oxygens (including phenoxy) is 2.